The number of fused-ring (bicyclic) bond motifs is 1. The summed E-state index contributed by atoms with van der Waals surface area (Å²) in [4.78, 5) is 11.9. The summed E-state index contributed by atoms with van der Waals surface area (Å²) in [5, 5.41) is 16.9. The number of aliphatic hydroxyl groups is 1. The molecule has 2 aromatic carbocycles. The first-order valence-corrected chi connectivity index (χ1v) is 8.94. The molecule has 0 aliphatic carbocycles. The van der Waals surface area contributed by atoms with Crippen LogP contribution in [0.4, 0.5) is 4.79 Å². The largest absolute Gasteiger partial charge is 0.497 e. The van der Waals surface area contributed by atoms with Crippen molar-refractivity contribution in [2.24, 2.45) is 7.05 Å². The van der Waals surface area contributed by atoms with Crippen LogP contribution in [0.5, 0.6) is 5.75 Å². The third-order valence-electron chi connectivity index (χ3n) is 4.61. The van der Waals surface area contributed by atoms with Crippen molar-refractivity contribution in [1.29, 1.82) is 0 Å². The average molecular weight is 367 g/mol. The quantitative estimate of drug-likeness (QED) is 0.601. The van der Waals surface area contributed by atoms with Gasteiger partial charge in [-0.1, -0.05) is 18.2 Å². The van der Waals surface area contributed by atoms with Crippen molar-refractivity contribution in [1.82, 2.24) is 15.2 Å². The first-order valence-electron chi connectivity index (χ1n) is 8.94. The molecule has 0 bridgehead atoms. The molecule has 0 saturated carbocycles. The van der Waals surface area contributed by atoms with Gasteiger partial charge >= 0.3 is 6.03 Å². The minimum atomic E-state index is -0.748. The Morgan fingerprint density at radius 1 is 1.15 bits per heavy atom. The Morgan fingerprint density at radius 3 is 2.67 bits per heavy atom. The van der Waals surface area contributed by atoms with E-state index >= 15 is 0 Å². The van der Waals surface area contributed by atoms with E-state index < -0.39 is 6.10 Å². The van der Waals surface area contributed by atoms with Gasteiger partial charge in [0.1, 0.15) is 5.75 Å². The number of methoxy groups -OCH3 is 1. The zero-order valence-corrected chi connectivity index (χ0v) is 15.6. The lowest BCUT2D eigenvalue weighted by molar-refractivity contribution is 0.173. The first-order chi connectivity index (χ1) is 13.1. The highest BCUT2D eigenvalue weighted by Crippen LogP contribution is 2.20. The number of hydrogen-bond donors (Lipinski definition) is 3. The predicted molar refractivity (Wildman–Crippen MR) is 106 cm³/mol. The number of nitrogens with zero attached hydrogens (tertiary/aromatic N) is 1. The monoisotopic (exact) mass is 367 g/mol. The number of carbonyl (C=O) groups is 1. The van der Waals surface area contributed by atoms with E-state index in [9.17, 15) is 9.90 Å². The molecule has 0 unspecified atom stereocenters. The Labute approximate surface area is 158 Å². The van der Waals surface area contributed by atoms with Crippen LogP contribution in [-0.4, -0.2) is 35.9 Å². The molecule has 0 fully saturated rings. The molecular formula is C21H25N3O3. The number of carbonyl (C=O) groups excluding carboxylic acids is 1. The Bertz CT molecular complexity index is 903. The number of hydrogen-bond acceptors (Lipinski definition) is 3. The Hall–Kier alpha value is -2.99. The van der Waals surface area contributed by atoms with E-state index in [-0.39, 0.29) is 12.6 Å². The maximum Gasteiger partial charge on any atom is 0.314 e. The lowest BCUT2D eigenvalue weighted by Gasteiger charge is -2.13. The van der Waals surface area contributed by atoms with Gasteiger partial charge in [-0.05, 0) is 53.3 Å². The fraction of sp³-hybridized carbons (Fsp3) is 0.286. The van der Waals surface area contributed by atoms with Gasteiger partial charge in [0.05, 0.1) is 13.2 Å². The van der Waals surface area contributed by atoms with Crippen molar-refractivity contribution < 1.29 is 14.6 Å². The Kier molecular flexibility index (Phi) is 5.98. The summed E-state index contributed by atoms with van der Waals surface area (Å²) >= 11 is 0. The lowest BCUT2D eigenvalue weighted by atomic mass is 10.1. The van der Waals surface area contributed by atoms with Gasteiger partial charge in [0.2, 0.25) is 0 Å². The van der Waals surface area contributed by atoms with Crippen LogP contribution in [0.3, 0.4) is 0 Å². The van der Waals surface area contributed by atoms with Gasteiger partial charge in [0.25, 0.3) is 0 Å². The summed E-state index contributed by atoms with van der Waals surface area (Å²) in [6, 6.07) is 15.3. The molecule has 27 heavy (non-hydrogen) atoms. The first kappa shape index (κ1) is 18.8. The zero-order valence-electron chi connectivity index (χ0n) is 15.6. The second kappa shape index (κ2) is 8.60. The van der Waals surface area contributed by atoms with E-state index in [4.69, 9.17) is 4.74 Å². The van der Waals surface area contributed by atoms with Gasteiger partial charge in [-0.15, -0.1) is 0 Å². The standard InChI is InChI=1S/C21H25N3O3/c1-24-12-10-16-13-17(5-8-19(16)24)20(25)14-23-21(26)22-11-9-15-3-6-18(27-2)7-4-15/h3-8,10,12-13,20,25H,9,11,14H2,1-2H3,(H2,22,23,26)/t20-/m1/s1. The number of nitrogens with one attached hydrogen (secondary N) is 2. The maximum atomic E-state index is 11.9. The third-order valence-corrected chi connectivity index (χ3v) is 4.61. The summed E-state index contributed by atoms with van der Waals surface area (Å²) < 4.78 is 7.15. The second-order valence-corrected chi connectivity index (χ2v) is 6.50. The molecule has 0 saturated heterocycles. The predicted octanol–water partition coefficient (Wildman–Crippen LogP) is 2.76. The highest BCUT2D eigenvalue weighted by molar-refractivity contribution is 5.81. The molecule has 3 rings (SSSR count). The SMILES string of the molecule is COc1ccc(CCNC(=O)NC[C@@H](O)c2ccc3c(ccn3C)c2)cc1. The molecule has 1 aromatic heterocycles. The van der Waals surface area contributed by atoms with Crippen LogP contribution in [-0.2, 0) is 13.5 Å². The molecule has 2 amide bonds. The van der Waals surface area contributed by atoms with E-state index in [0.717, 1.165) is 34.2 Å². The smallest absolute Gasteiger partial charge is 0.314 e. The fourth-order valence-electron chi connectivity index (χ4n) is 2.99. The topological polar surface area (TPSA) is 75.5 Å². The minimum absolute atomic E-state index is 0.159. The minimum Gasteiger partial charge on any atom is -0.497 e. The number of amides is 2. The van der Waals surface area contributed by atoms with E-state index in [1.54, 1.807) is 7.11 Å². The van der Waals surface area contributed by atoms with Gasteiger partial charge in [-0.25, -0.2) is 4.79 Å². The number of aliphatic hydroxyl groups excluding tert-OH is 1. The number of benzene rings is 2. The van der Waals surface area contributed by atoms with Crippen LogP contribution in [0.1, 0.15) is 17.2 Å². The summed E-state index contributed by atoms with van der Waals surface area (Å²) in [6.45, 7) is 0.678. The van der Waals surface area contributed by atoms with Crippen LogP contribution >= 0.6 is 0 Å². The van der Waals surface area contributed by atoms with Crippen molar-refractivity contribution in [2.75, 3.05) is 20.2 Å². The van der Waals surface area contributed by atoms with Crippen LogP contribution in [0.15, 0.2) is 54.7 Å². The number of aryl methyl sites for hydroxylation is 1. The van der Waals surface area contributed by atoms with Gasteiger partial charge in [-0.3, -0.25) is 0 Å². The van der Waals surface area contributed by atoms with Crippen molar-refractivity contribution >= 4 is 16.9 Å². The van der Waals surface area contributed by atoms with Crippen LogP contribution in [0.25, 0.3) is 10.9 Å². The molecule has 3 aromatic rings. The van der Waals surface area contributed by atoms with E-state index in [1.807, 2.05) is 66.3 Å². The summed E-state index contributed by atoms with van der Waals surface area (Å²) in [5.74, 6) is 0.812. The fourth-order valence-corrected chi connectivity index (χ4v) is 2.99. The molecule has 1 atom stereocenters. The molecule has 142 valence electrons. The number of rotatable bonds is 7. The van der Waals surface area contributed by atoms with Crippen molar-refractivity contribution in [3.8, 4) is 5.75 Å². The van der Waals surface area contributed by atoms with Crippen molar-refractivity contribution in [2.45, 2.75) is 12.5 Å². The summed E-state index contributed by atoms with van der Waals surface area (Å²) in [6.07, 6.45) is 1.96. The normalized spacial score (nSPS) is 12.0. The molecular weight excluding hydrogens is 342 g/mol. The third kappa shape index (κ3) is 4.80. The van der Waals surface area contributed by atoms with Crippen LogP contribution in [0, 0.1) is 0 Å². The maximum absolute atomic E-state index is 11.9. The van der Waals surface area contributed by atoms with Gasteiger partial charge in [0.15, 0.2) is 0 Å². The Balaban J connectivity index is 1.43. The molecule has 1 heterocycles. The lowest BCUT2D eigenvalue weighted by Crippen LogP contribution is -2.38. The van der Waals surface area contributed by atoms with E-state index in [1.165, 1.54) is 0 Å². The number of urea groups is 1. The molecule has 6 heteroatoms. The number of ether oxygens (including phenoxy) is 1. The summed E-state index contributed by atoms with van der Waals surface area (Å²) in [5.41, 5.74) is 3.01. The average Bonchev–Trinajstić information content (AvgIpc) is 3.07. The van der Waals surface area contributed by atoms with E-state index in [2.05, 4.69) is 10.6 Å². The van der Waals surface area contributed by atoms with Crippen LogP contribution < -0.4 is 15.4 Å². The highest BCUT2D eigenvalue weighted by atomic mass is 16.5. The molecule has 3 N–H and O–H groups in total. The molecule has 0 spiro atoms. The van der Waals surface area contributed by atoms with E-state index in [0.29, 0.717) is 6.54 Å². The Morgan fingerprint density at radius 2 is 1.93 bits per heavy atom. The van der Waals surface area contributed by atoms with Gasteiger partial charge < -0.3 is 25.0 Å². The highest BCUT2D eigenvalue weighted by Gasteiger charge is 2.11. The molecule has 0 aliphatic heterocycles. The molecule has 6 nitrogen and oxygen atoms in total. The van der Waals surface area contributed by atoms with Crippen molar-refractivity contribution in [3.63, 3.8) is 0 Å². The van der Waals surface area contributed by atoms with Crippen LogP contribution in [0.2, 0.25) is 0 Å². The molecule has 0 aliphatic rings. The number of aromatic nitrogens is 1. The molecule has 0 radical (unpaired) electrons. The van der Waals surface area contributed by atoms with Crippen molar-refractivity contribution in [3.05, 3.63) is 65.9 Å². The zero-order chi connectivity index (χ0) is 19.2. The summed E-state index contributed by atoms with van der Waals surface area (Å²) in [7, 11) is 3.61. The van der Waals surface area contributed by atoms with Gasteiger partial charge in [-0.2, -0.15) is 0 Å². The van der Waals surface area contributed by atoms with Gasteiger partial charge in [0, 0.05) is 31.9 Å². The second-order valence-electron chi connectivity index (χ2n) is 6.50.